The van der Waals surface area contributed by atoms with E-state index in [-0.39, 0.29) is 11.9 Å². The fourth-order valence-corrected chi connectivity index (χ4v) is 3.77. The minimum Gasteiger partial charge on any atom is -0.486 e. The third-order valence-electron chi connectivity index (χ3n) is 3.38. The molecule has 0 bridgehead atoms. The molecule has 0 radical (unpaired) electrons. The lowest BCUT2D eigenvalue weighted by Crippen LogP contribution is -2.42. The van der Waals surface area contributed by atoms with Gasteiger partial charge in [0.25, 0.3) is 0 Å². The molecule has 1 heterocycles. The molecule has 2 aromatic rings. The van der Waals surface area contributed by atoms with Crippen molar-refractivity contribution in [3.8, 4) is 5.75 Å². The van der Waals surface area contributed by atoms with Crippen LogP contribution in [-0.2, 0) is 0 Å². The summed E-state index contributed by atoms with van der Waals surface area (Å²) in [6.07, 6.45) is -0.237. The highest BCUT2D eigenvalue weighted by molar-refractivity contribution is 9.10. The summed E-state index contributed by atoms with van der Waals surface area (Å²) in [5, 5.41) is 0. The fourth-order valence-electron chi connectivity index (χ4n) is 2.35. The van der Waals surface area contributed by atoms with Gasteiger partial charge in [0.05, 0.1) is 6.04 Å². The number of hydrogen-bond acceptors (Lipinski definition) is 4. The maximum Gasteiger partial charge on any atom is 0.133 e. The number of nitrogens with two attached hydrogens (primary N) is 1. The minimum atomic E-state index is -0.414. The van der Waals surface area contributed by atoms with Crippen molar-refractivity contribution < 1.29 is 9.13 Å². The van der Waals surface area contributed by atoms with E-state index in [1.807, 2.05) is 24.3 Å². The van der Waals surface area contributed by atoms with Crippen LogP contribution in [-0.4, -0.2) is 11.9 Å². The second kappa shape index (κ2) is 6.36. The number of hydrogen-bond donors (Lipinski definition) is 2. The van der Waals surface area contributed by atoms with Crippen molar-refractivity contribution in [3.63, 3.8) is 0 Å². The van der Waals surface area contributed by atoms with E-state index < -0.39 is 6.04 Å². The van der Waals surface area contributed by atoms with Gasteiger partial charge in [-0.1, -0.05) is 28.1 Å². The van der Waals surface area contributed by atoms with Crippen molar-refractivity contribution in [1.29, 1.82) is 0 Å². The zero-order valence-electron chi connectivity index (χ0n) is 11.1. The molecule has 2 aromatic carbocycles. The predicted octanol–water partition coefficient (Wildman–Crippen LogP) is 3.65. The quantitative estimate of drug-likeness (QED) is 0.641. The fraction of sp³-hybridized carbons (Fsp3) is 0.200. The van der Waals surface area contributed by atoms with Crippen LogP contribution < -0.4 is 16.0 Å². The van der Waals surface area contributed by atoms with Crippen LogP contribution in [0.2, 0.25) is 0 Å². The Morgan fingerprint density at radius 3 is 2.95 bits per heavy atom. The Bertz CT molecular complexity index is 655. The van der Waals surface area contributed by atoms with Crippen LogP contribution in [0.3, 0.4) is 0 Å². The maximum absolute atomic E-state index is 14.1. The van der Waals surface area contributed by atoms with Crippen LogP contribution in [0.4, 0.5) is 4.39 Å². The number of thioether (sulfide) groups is 1. The van der Waals surface area contributed by atoms with Crippen LogP contribution in [0.5, 0.6) is 5.75 Å². The first-order valence-electron chi connectivity index (χ1n) is 6.48. The lowest BCUT2D eigenvalue weighted by atomic mass is 10.0. The van der Waals surface area contributed by atoms with Gasteiger partial charge in [0, 0.05) is 20.7 Å². The number of para-hydroxylation sites is 1. The van der Waals surface area contributed by atoms with Crippen molar-refractivity contribution in [2.24, 2.45) is 5.84 Å². The zero-order chi connectivity index (χ0) is 14.8. The molecule has 110 valence electrons. The van der Waals surface area contributed by atoms with Crippen molar-refractivity contribution >= 4 is 27.7 Å². The molecule has 1 aliphatic heterocycles. The normalized spacial score (nSPS) is 18.7. The maximum atomic E-state index is 14.1. The average Bonchev–Trinajstić information content (AvgIpc) is 2.51. The Kier molecular flexibility index (Phi) is 4.49. The molecule has 0 amide bonds. The predicted molar refractivity (Wildman–Crippen MR) is 85.7 cm³/mol. The van der Waals surface area contributed by atoms with Gasteiger partial charge in [-0.3, -0.25) is 5.84 Å². The van der Waals surface area contributed by atoms with Crippen molar-refractivity contribution in [2.45, 2.75) is 17.0 Å². The molecule has 0 spiro atoms. The Balaban J connectivity index is 1.90. The molecule has 2 unspecified atom stereocenters. The second-order valence-corrected chi connectivity index (χ2v) is 6.70. The summed E-state index contributed by atoms with van der Waals surface area (Å²) < 4.78 is 20.9. The smallest absolute Gasteiger partial charge is 0.133 e. The van der Waals surface area contributed by atoms with Gasteiger partial charge in [-0.2, -0.15) is 0 Å². The molecular weight excluding hydrogens is 355 g/mol. The standard InChI is InChI=1S/C15H14BrFN2OS/c16-9-5-6-11(17)10(7-9)15(19-18)13-8-21-14-4-2-1-3-12(14)20-13/h1-7,13,15,19H,8,18H2. The number of fused-ring (bicyclic) bond motifs is 1. The number of nitrogens with one attached hydrogen (secondary N) is 1. The van der Waals surface area contributed by atoms with Crippen molar-refractivity contribution in [1.82, 2.24) is 5.43 Å². The topological polar surface area (TPSA) is 47.3 Å². The number of rotatable bonds is 3. The molecule has 3 N–H and O–H groups in total. The van der Waals surface area contributed by atoms with Crippen molar-refractivity contribution in [2.75, 3.05) is 5.75 Å². The van der Waals surface area contributed by atoms with Crippen LogP contribution in [0, 0.1) is 5.82 Å². The number of hydrazine groups is 1. The lowest BCUT2D eigenvalue weighted by molar-refractivity contribution is 0.164. The van der Waals surface area contributed by atoms with E-state index in [0.29, 0.717) is 11.3 Å². The average molecular weight is 369 g/mol. The van der Waals surface area contributed by atoms with Crippen LogP contribution >= 0.6 is 27.7 Å². The molecule has 0 fully saturated rings. The van der Waals surface area contributed by atoms with Gasteiger partial charge in [-0.05, 0) is 30.3 Å². The van der Waals surface area contributed by atoms with Gasteiger partial charge in [0.2, 0.25) is 0 Å². The summed E-state index contributed by atoms with van der Waals surface area (Å²) in [4.78, 5) is 1.10. The Morgan fingerprint density at radius 2 is 2.14 bits per heavy atom. The van der Waals surface area contributed by atoms with Crippen LogP contribution in [0.25, 0.3) is 0 Å². The third kappa shape index (κ3) is 3.08. The van der Waals surface area contributed by atoms with E-state index in [2.05, 4.69) is 21.4 Å². The first-order chi connectivity index (χ1) is 10.2. The first-order valence-corrected chi connectivity index (χ1v) is 8.26. The molecule has 3 rings (SSSR count). The van der Waals surface area contributed by atoms with Gasteiger partial charge in [0.1, 0.15) is 17.7 Å². The molecule has 6 heteroatoms. The van der Waals surface area contributed by atoms with E-state index in [9.17, 15) is 4.39 Å². The summed E-state index contributed by atoms with van der Waals surface area (Å²) in [5.74, 6) is 6.88. The lowest BCUT2D eigenvalue weighted by Gasteiger charge is -2.31. The van der Waals surface area contributed by atoms with E-state index >= 15 is 0 Å². The summed E-state index contributed by atoms with van der Waals surface area (Å²) in [7, 11) is 0. The van der Waals surface area contributed by atoms with Gasteiger partial charge in [-0.25, -0.2) is 9.82 Å². The third-order valence-corrected chi connectivity index (χ3v) is 5.01. The van der Waals surface area contributed by atoms with Gasteiger partial charge in [0.15, 0.2) is 0 Å². The number of benzene rings is 2. The summed E-state index contributed by atoms with van der Waals surface area (Å²) >= 11 is 5.05. The SMILES string of the molecule is NNC(c1cc(Br)ccc1F)C1CSc2ccccc2O1. The van der Waals surface area contributed by atoms with Gasteiger partial charge < -0.3 is 4.74 Å². The van der Waals surface area contributed by atoms with E-state index in [1.165, 1.54) is 6.07 Å². The molecule has 0 aliphatic carbocycles. The first kappa shape index (κ1) is 14.8. The summed E-state index contributed by atoms with van der Waals surface area (Å²) in [6, 6.07) is 12.2. The van der Waals surface area contributed by atoms with E-state index in [1.54, 1.807) is 23.9 Å². The minimum absolute atomic E-state index is 0.237. The molecule has 0 saturated heterocycles. The van der Waals surface area contributed by atoms with Gasteiger partial charge >= 0.3 is 0 Å². The Hall–Kier alpha value is -1.08. The zero-order valence-corrected chi connectivity index (χ0v) is 13.5. The molecule has 3 nitrogen and oxygen atoms in total. The summed E-state index contributed by atoms with van der Waals surface area (Å²) in [5.41, 5.74) is 3.18. The molecule has 1 aliphatic rings. The van der Waals surface area contributed by atoms with Crippen molar-refractivity contribution in [3.05, 3.63) is 58.3 Å². The summed E-state index contributed by atoms with van der Waals surface area (Å²) in [6.45, 7) is 0. The van der Waals surface area contributed by atoms with Crippen LogP contribution in [0.15, 0.2) is 51.8 Å². The Labute approximate surface area is 135 Å². The highest BCUT2D eigenvalue weighted by atomic mass is 79.9. The highest BCUT2D eigenvalue weighted by Crippen LogP contribution is 2.38. The van der Waals surface area contributed by atoms with E-state index in [4.69, 9.17) is 10.6 Å². The molecule has 0 saturated carbocycles. The second-order valence-electron chi connectivity index (χ2n) is 4.72. The molecule has 2 atom stereocenters. The Morgan fingerprint density at radius 1 is 1.33 bits per heavy atom. The highest BCUT2D eigenvalue weighted by Gasteiger charge is 2.30. The largest absolute Gasteiger partial charge is 0.486 e. The van der Waals surface area contributed by atoms with Crippen LogP contribution in [0.1, 0.15) is 11.6 Å². The number of ether oxygens (including phenoxy) is 1. The number of halogens is 2. The van der Waals surface area contributed by atoms with E-state index in [0.717, 1.165) is 15.1 Å². The molecule has 21 heavy (non-hydrogen) atoms. The molecular formula is C15H14BrFN2OS. The monoisotopic (exact) mass is 368 g/mol. The molecule has 0 aromatic heterocycles. The van der Waals surface area contributed by atoms with Gasteiger partial charge in [-0.15, -0.1) is 11.8 Å².